The Morgan fingerprint density at radius 2 is 1.80 bits per heavy atom. The van der Waals surface area contributed by atoms with Crippen molar-refractivity contribution in [3.05, 3.63) is 0 Å². The van der Waals surface area contributed by atoms with Crippen molar-refractivity contribution >= 4 is 21.9 Å². The first kappa shape index (κ1) is 12.1. The number of rotatable bonds is 1. The monoisotopic (exact) mass is 234 g/mol. The van der Waals surface area contributed by atoms with E-state index in [1.54, 1.807) is 20.8 Å². The van der Waals surface area contributed by atoms with E-state index in [9.17, 15) is 22.6 Å². The molecule has 7 heteroatoms. The summed E-state index contributed by atoms with van der Waals surface area (Å²) in [6.07, 6.45) is -0.540. The second-order valence-electron chi connectivity index (χ2n) is 4.42. The van der Waals surface area contributed by atoms with E-state index >= 15 is 0 Å². The van der Waals surface area contributed by atoms with Gasteiger partial charge < -0.3 is 4.55 Å². The average molecular weight is 234 g/mol. The number of amides is 2. The van der Waals surface area contributed by atoms with E-state index in [-0.39, 0.29) is 0 Å². The molecule has 0 aromatic heterocycles. The Labute approximate surface area is 88.0 Å². The maximum atomic E-state index is 11.5. The predicted molar refractivity (Wildman–Crippen MR) is 49.7 cm³/mol. The molecule has 2 amide bonds. The lowest BCUT2D eigenvalue weighted by Gasteiger charge is -2.30. The molecule has 86 valence electrons. The number of hydrogen-bond donors (Lipinski definition) is 0. The minimum absolute atomic E-state index is 0.540. The molecule has 0 aliphatic carbocycles. The van der Waals surface area contributed by atoms with Crippen LogP contribution in [-0.2, 0) is 19.7 Å². The Morgan fingerprint density at radius 3 is 2.00 bits per heavy atom. The fourth-order valence-electron chi connectivity index (χ4n) is 1.53. The maximum Gasteiger partial charge on any atom is 0.247 e. The molecule has 0 spiro atoms. The normalized spacial score (nSPS) is 23.7. The first-order chi connectivity index (χ1) is 6.55. The molecule has 0 bridgehead atoms. The maximum absolute atomic E-state index is 11.5. The minimum atomic E-state index is -4.74. The summed E-state index contributed by atoms with van der Waals surface area (Å²) in [5.41, 5.74) is -0.798. The van der Waals surface area contributed by atoms with Crippen molar-refractivity contribution in [2.24, 2.45) is 0 Å². The first-order valence-corrected chi connectivity index (χ1v) is 5.84. The van der Waals surface area contributed by atoms with Gasteiger partial charge in [0.25, 0.3) is 0 Å². The topological polar surface area (TPSA) is 94.6 Å². The van der Waals surface area contributed by atoms with Gasteiger partial charge in [0.15, 0.2) is 0 Å². The highest BCUT2D eigenvalue weighted by molar-refractivity contribution is 7.87. The molecule has 0 aromatic rings. The van der Waals surface area contributed by atoms with Crippen LogP contribution < -0.4 is 0 Å². The van der Waals surface area contributed by atoms with E-state index in [2.05, 4.69) is 0 Å². The molecule has 6 nitrogen and oxygen atoms in total. The zero-order valence-corrected chi connectivity index (χ0v) is 9.50. The zero-order valence-electron chi connectivity index (χ0n) is 8.68. The SMILES string of the molecule is CC(C)(C)N1C(=O)CC(S(=O)(=O)[O-])C1=O. The van der Waals surface area contributed by atoms with Gasteiger partial charge in [0.05, 0.1) is 6.42 Å². The van der Waals surface area contributed by atoms with Crippen LogP contribution in [0.5, 0.6) is 0 Å². The largest absolute Gasteiger partial charge is 0.747 e. The van der Waals surface area contributed by atoms with Gasteiger partial charge in [0.2, 0.25) is 11.8 Å². The molecule has 1 unspecified atom stereocenters. The third-order valence-corrected chi connectivity index (χ3v) is 3.19. The third kappa shape index (κ3) is 2.18. The Hall–Kier alpha value is -0.950. The van der Waals surface area contributed by atoms with E-state index in [0.717, 1.165) is 4.90 Å². The highest BCUT2D eigenvalue weighted by Gasteiger charge is 2.46. The first-order valence-electron chi connectivity index (χ1n) is 4.37. The van der Waals surface area contributed by atoms with Crippen LogP contribution in [0.3, 0.4) is 0 Å². The second-order valence-corrected chi connectivity index (χ2v) is 5.98. The van der Waals surface area contributed by atoms with Crippen LogP contribution in [0.25, 0.3) is 0 Å². The van der Waals surface area contributed by atoms with Crippen LogP contribution in [0, 0.1) is 0 Å². The fraction of sp³-hybridized carbons (Fsp3) is 0.750. The predicted octanol–water partition coefficient (Wildman–Crippen LogP) is -0.542. The van der Waals surface area contributed by atoms with Gasteiger partial charge in [-0.3, -0.25) is 14.5 Å². The highest BCUT2D eigenvalue weighted by Crippen LogP contribution is 2.26. The number of likely N-dealkylation sites (tertiary alicyclic amines) is 1. The summed E-state index contributed by atoms with van der Waals surface area (Å²) in [7, 11) is -4.74. The molecule has 1 heterocycles. The lowest BCUT2D eigenvalue weighted by molar-refractivity contribution is -0.143. The van der Waals surface area contributed by atoms with Gasteiger partial charge in [-0.15, -0.1) is 0 Å². The van der Waals surface area contributed by atoms with Crippen LogP contribution in [0.2, 0.25) is 0 Å². The summed E-state index contributed by atoms with van der Waals surface area (Å²) in [5, 5.41) is -1.75. The molecule has 1 aliphatic rings. The molecule has 1 fully saturated rings. The van der Waals surface area contributed by atoms with Crippen molar-refractivity contribution in [3.63, 3.8) is 0 Å². The Bertz CT molecular complexity index is 405. The summed E-state index contributed by atoms with van der Waals surface area (Å²) in [4.78, 5) is 23.8. The van der Waals surface area contributed by atoms with Crippen molar-refractivity contribution < 1.29 is 22.6 Å². The van der Waals surface area contributed by atoms with Crippen LogP contribution in [0.15, 0.2) is 0 Å². The van der Waals surface area contributed by atoms with Gasteiger partial charge in [-0.1, -0.05) is 0 Å². The number of hydrogen-bond acceptors (Lipinski definition) is 5. The molecule has 1 saturated heterocycles. The molecular weight excluding hydrogens is 222 g/mol. The number of carbonyl (C=O) groups excluding carboxylic acids is 2. The van der Waals surface area contributed by atoms with Crippen LogP contribution in [0.4, 0.5) is 0 Å². The number of nitrogens with zero attached hydrogens (tertiary/aromatic N) is 1. The third-order valence-electron chi connectivity index (χ3n) is 2.12. The summed E-state index contributed by atoms with van der Waals surface area (Å²) in [5.74, 6) is -1.53. The molecule has 1 aliphatic heterocycles. The quantitative estimate of drug-likeness (QED) is 0.448. The Balaban J connectivity index is 3.11. The van der Waals surface area contributed by atoms with Crippen LogP contribution in [-0.4, -0.2) is 40.5 Å². The van der Waals surface area contributed by atoms with E-state index in [0.29, 0.717) is 0 Å². The van der Waals surface area contributed by atoms with Crippen LogP contribution in [0.1, 0.15) is 27.2 Å². The van der Waals surface area contributed by atoms with E-state index in [4.69, 9.17) is 0 Å². The molecular formula is C8H12NO5S-. The van der Waals surface area contributed by atoms with Gasteiger partial charge >= 0.3 is 0 Å². The molecule has 1 rings (SSSR count). The van der Waals surface area contributed by atoms with Gasteiger partial charge in [-0.25, -0.2) is 8.42 Å². The summed E-state index contributed by atoms with van der Waals surface area (Å²) < 4.78 is 32.1. The summed E-state index contributed by atoms with van der Waals surface area (Å²) in [6, 6.07) is 0. The van der Waals surface area contributed by atoms with E-state index < -0.39 is 39.1 Å². The second kappa shape index (κ2) is 3.28. The fourth-order valence-corrected chi connectivity index (χ4v) is 2.23. The smallest absolute Gasteiger partial charge is 0.247 e. The van der Waals surface area contributed by atoms with E-state index in [1.807, 2.05) is 0 Å². The van der Waals surface area contributed by atoms with Crippen molar-refractivity contribution in [3.8, 4) is 0 Å². The number of carbonyl (C=O) groups is 2. The molecule has 0 N–H and O–H groups in total. The van der Waals surface area contributed by atoms with E-state index in [1.165, 1.54) is 0 Å². The standard InChI is InChI=1S/C8H13NO5S/c1-8(2,3)9-6(10)4-5(7(9)11)15(12,13)14/h5H,4H2,1-3H3,(H,12,13,14)/p-1. The lowest BCUT2D eigenvalue weighted by atomic mass is 10.1. The van der Waals surface area contributed by atoms with Crippen LogP contribution >= 0.6 is 0 Å². The highest BCUT2D eigenvalue weighted by atomic mass is 32.2. The Morgan fingerprint density at radius 1 is 1.33 bits per heavy atom. The molecule has 15 heavy (non-hydrogen) atoms. The Kier molecular flexibility index (Phi) is 2.65. The average Bonchev–Trinajstić information content (AvgIpc) is 2.22. The minimum Gasteiger partial charge on any atom is -0.747 e. The summed E-state index contributed by atoms with van der Waals surface area (Å²) in [6.45, 7) is 4.80. The van der Waals surface area contributed by atoms with Gasteiger partial charge in [-0.05, 0) is 20.8 Å². The molecule has 0 saturated carbocycles. The summed E-state index contributed by atoms with van der Waals surface area (Å²) >= 11 is 0. The lowest BCUT2D eigenvalue weighted by Crippen LogP contribution is -2.47. The zero-order chi connectivity index (χ0) is 12.0. The van der Waals surface area contributed by atoms with Crippen molar-refractivity contribution in [2.45, 2.75) is 38.0 Å². The number of imide groups is 1. The van der Waals surface area contributed by atoms with Crippen molar-refractivity contribution in [1.29, 1.82) is 0 Å². The molecule has 0 aromatic carbocycles. The van der Waals surface area contributed by atoms with Crippen molar-refractivity contribution in [2.75, 3.05) is 0 Å². The molecule has 1 atom stereocenters. The molecule has 0 radical (unpaired) electrons. The van der Waals surface area contributed by atoms with Gasteiger partial charge in [0.1, 0.15) is 15.4 Å². The van der Waals surface area contributed by atoms with Gasteiger partial charge in [-0.2, -0.15) is 0 Å². The van der Waals surface area contributed by atoms with Crippen molar-refractivity contribution in [1.82, 2.24) is 4.90 Å². The van der Waals surface area contributed by atoms with Gasteiger partial charge in [0, 0.05) is 5.54 Å².